The van der Waals surface area contributed by atoms with Crippen molar-refractivity contribution in [2.24, 2.45) is 5.73 Å². The van der Waals surface area contributed by atoms with Gasteiger partial charge in [0.05, 0.1) is 5.82 Å². The first kappa shape index (κ1) is 22.5. The second-order valence-electron chi connectivity index (χ2n) is 6.99. The van der Waals surface area contributed by atoms with Crippen molar-refractivity contribution in [1.82, 2.24) is 0 Å². The van der Waals surface area contributed by atoms with Gasteiger partial charge in [0.15, 0.2) is 0 Å². The third-order valence-electron chi connectivity index (χ3n) is 4.31. The number of halogens is 1. The fraction of sp³-hybridized carbons (Fsp3) is 0.333. The van der Waals surface area contributed by atoms with Crippen LogP contribution < -0.4 is 10.6 Å². The van der Waals surface area contributed by atoms with Crippen molar-refractivity contribution in [3.8, 4) is 0 Å². The number of nitrogens with zero attached hydrogens (tertiary/aromatic N) is 1. The first-order valence-corrected chi connectivity index (χ1v) is 9.37. The van der Waals surface area contributed by atoms with E-state index in [1.54, 1.807) is 13.8 Å². The third-order valence-corrected chi connectivity index (χ3v) is 4.31. The molecule has 0 spiro atoms. The average molecular weight is 369 g/mol. The van der Waals surface area contributed by atoms with Crippen molar-refractivity contribution in [3.63, 3.8) is 0 Å². The van der Waals surface area contributed by atoms with Gasteiger partial charge in [0.2, 0.25) is 0 Å². The van der Waals surface area contributed by atoms with E-state index in [2.05, 4.69) is 19.2 Å². The first-order chi connectivity index (χ1) is 12.6. The predicted octanol–water partition coefficient (Wildman–Crippen LogP) is 6.70. The molecule has 0 amide bonds. The summed E-state index contributed by atoms with van der Waals surface area (Å²) in [5.41, 5.74) is 10.3. The van der Waals surface area contributed by atoms with Gasteiger partial charge in [-0.25, -0.2) is 4.39 Å². The maximum Gasteiger partial charge on any atom is 0.130 e. The molecule has 2 rings (SSSR count). The van der Waals surface area contributed by atoms with Gasteiger partial charge in [-0.2, -0.15) is 0 Å². The number of alkyl halides is 1. The number of rotatable bonds is 6. The van der Waals surface area contributed by atoms with E-state index in [9.17, 15) is 4.39 Å². The molecule has 3 heteroatoms. The maximum atomic E-state index is 14.6. The molecule has 0 saturated heterocycles. The monoisotopic (exact) mass is 368 g/mol. The van der Waals surface area contributed by atoms with Gasteiger partial charge in [0, 0.05) is 12.2 Å². The van der Waals surface area contributed by atoms with E-state index in [1.807, 2.05) is 69.0 Å². The molecule has 2 aromatic carbocycles. The highest BCUT2D eigenvalue weighted by atomic mass is 19.1. The molecule has 0 fully saturated rings. The standard InChI is InChI=1S/C22H27FN2.C2H6/c1-15(2)18-11-12-21(16(3)13-18)25(17(4)24)14-19-9-7-8-10-20(19)22(5,6)23;1-2/h7-13H,1,4,14,24H2,2-3,5-6H3;1-2H3. The van der Waals surface area contributed by atoms with Crippen molar-refractivity contribution in [2.45, 2.75) is 53.8 Å². The zero-order chi connectivity index (χ0) is 20.8. The van der Waals surface area contributed by atoms with Gasteiger partial charge in [-0.05, 0) is 62.1 Å². The summed E-state index contributed by atoms with van der Waals surface area (Å²) in [7, 11) is 0. The molecule has 0 unspecified atom stereocenters. The lowest BCUT2D eigenvalue weighted by atomic mass is 9.94. The van der Waals surface area contributed by atoms with Crippen LogP contribution in [0.5, 0.6) is 0 Å². The van der Waals surface area contributed by atoms with E-state index < -0.39 is 5.67 Å². The summed E-state index contributed by atoms with van der Waals surface area (Å²) in [6.07, 6.45) is 0. The number of hydrogen-bond donors (Lipinski definition) is 1. The van der Waals surface area contributed by atoms with E-state index in [4.69, 9.17) is 5.73 Å². The molecule has 0 saturated carbocycles. The van der Waals surface area contributed by atoms with Crippen LogP contribution in [0.2, 0.25) is 0 Å². The Morgan fingerprint density at radius 3 is 2.19 bits per heavy atom. The summed E-state index contributed by atoms with van der Waals surface area (Å²) in [6.45, 7) is 19.5. The van der Waals surface area contributed by atoms with Crippen molar-refractivity contribution in [3.05, 3.63) is 83.7 Å². The summed E-state index contributed by atoms with van der Waals surface area (Å²) in [6, 6.07) is 13.6. The lowest BCUT2D eigenvalue weighted by molar-refractivity contribution is 0.220. The van der Waals surface area contributed by atoms with Crippen LogP contribution in [-0.4, -0.2) is 0 Å². The van der Waals surface area contributed by atoms with E-state index in [-0.39, 0.29) is 0 Å². The van der Waals surface area contributed by atoms with Crippen molar-refractivity contribution >= 4 is 11.3 Å². The largest absolute Gasteiger partial charge is 0.386 e. The van der Waals surface area contributed by atoms with Crippen molar-refractivity contribution in [1.29, 1.82) is 0 Å². The van der Waals surface area contributed by atoms with E-state index in [1.165, 1.54) is 0 Å². The second kappa shape index (κ2) is 9.40. The summed E-state index contributed by atoms with van der Waals surface area (Å²) < 4.78 is 14.6. The Morgan fingerprint density at radius 1 is 1.11 bits per heavy atom. The van der Waals surface area contributed by atoms with Gasteiger partial charge in [0.25, 0.3) is 0 Å². The summed E-state index contributed by atoms with van der Waals surface area (Å²) >= 11 is 0. The number of nitrogens with two attached hydrogens (primary N) is 1. The second-order valence-corrected chi connectivity index (χ2v) is 6.99. The molecule has 0 aliphatic heterocycles. The van der Waals surface area contributed by atoms with E-state index in [0.717, 1.165) is 28.0 Å². The van der Waals surface area contributed by atoms with Gasteiger partial charge in [0.1, 0.15) is 5.67 Å². The zero-order valence-corrected chi connectivity index (χ0v) is 17.6. The third kappa shape index (κ3) is 5.72. The Morgan fingerprint density at radius 2 is 1.70 bits per heavy atom. The van der Waals surface area contributed by atoms with Crippen molar-refractivity contribution in [2.75, 3.05) is 4.90 Å². The Labute approximate surface area is 164 Å². The van der Waals surface area contributed by atoms with Crippen LogP contribution in [-0.2, 0) is 12.2 Å². The quantitative estimate of drug-likeness (QED) is 0.615. The number of hydrogen-bond acceptors (Lipinski definition) is 2. The molecule has 0 radical (unpaired) electrons. The van der Waals surface area contributed by atoms with Crippen LogP contribution in [0.25, 0.3) is 5.57 Å². The summed E-state index contributed by atoms with van der Waals surface area (Å²) in [5, 5.41) is 0. The van der Waals surface area contributed by atoms with Gasteiger partial charge in [-0.15, -0.1) is 0 Å². The smallest absolute Gasteiger partial charge is 0.130 e. The molecule has 0 aliphatic rings. The van der Waals surface area contributed by atoms with E-state index >= 15 is 0 Å². The Balaban J connectivity index is 0.00000176. The van der Waals surface area contributed by atoms with E-state index in [0.29, 0.717) is 17.9 Å². The highest BCUT2D eigenvalue weighted by Crippen LogP contribution is 2.31. The number of anilines is 1. The van der Waals surface area contributed by atoms with Crippen LogP contribution in [0.1, 0.15) is 56.9 Å². The topological polar surface area (TPSA) is 29.3 Å². The van der Waals surface area contributed by atoms with Gasteiger partial charge >= 0.3 is 0 Å². The minimum Gasteiger partial charge on any atom is -0.386 e. The Bertz CT molecular complexity index is 800. The SMILES string of the molecule is C=C(C)c1ccc(N(Cc2ccccc2C(C)(C)F)C(=C)N)c(C)c1.CC. The maximum absolute atomic E-state index is 14.6. The fourth-order valence-corrected chi connectivity index (χ4v) is 2.97. The summed E-state index contributed by atoms with van der Waals surface area (Å²) in [4.78, 5) is 1.92. The molecule has 0 aliphatic carbocycles. The van der Waals surface area contributed by atoms with Crippen molar-refractivity contribution < 1.29 is 4.39 Å². The summed E-state index contributed by atoms with van der Waals surface area (Å²) in [5.74, 6) is 0.428. The molecule has 146 valence electrons. The highest BCUT2D eigenvalue weighted by Gasteiger charge is 2.23. The van der Waals surface area contributed by atoms with Crippen LogP contribution in [0, 0.1) is 6.92 Å². The average Bonchev–Trinajstić information content (AvgIpc) is 2.61. The molecule has 27 heavy (non-hydrogen) atoms. The molecule has 0 bridgehead atoms. The Kier molecular flexibility index (Phi) is 7.83. The molecule has 0 atom stereocenters. The number of aryl methyl sites for hydroxylation is 1. The molecule has 2 aromatic rings. The number of benzene rings is 2. The Hall–Kier alpha value is -2.55. The molecular weight excluding hydrogens is 335 g/mol. The first-order valence-electron chi connectivity index (χ1n) is 9.37. The normalized spacial score (nSPS) is 10.6. The van der Waals surface area contributed by atoms with Crippen LogP contribution in [0.3, 0.4) is 0 Å². The minimum absolute atomic E-state index is 0.428. The van der Waals surface area contributed by atoms with Gasteiger partial charge in [-0.1, -0.05) is 62.9 Å². The van der Waals surface area contributed by atoms with Crippen LogP contribution in [0.15, 0.2) is 61.4 Å². The lowest BCUT2D eigenvalue weighted by Crippen LogP contribution is -2.28. The number of allylic oxidation sites excluding steroid dienone is 1. The predicted molar refractivity (Wildman–Crippen MR) is 117 cm³/mol. The minimum atomic E-state index is -1.42. The van der Waals surface area contributed by atoms with Crippen LogP contribution >= 0.6 is 0 Å². The van der Waals surface area contributed by atoms with Crippen LogP contribution in [0.4, 0.5) is 10.1 Å². The molecule has 2 nitrogen and oxygen atoms in total. The molecule has 0 heterocycles. The van der Waals surface area contributed by atoms with Gasteiger partial charge in [-0.3, -0.25) is 0 Å². The van der Waals surface area contributed by atoms with Gasteiger partial charge < -0.3 is 10.6 Å². The highest BCUT2D eigenvalue weighted by molar-refractivity contribution is 5.67. The fourth-order valence-electron chi connectivity index (χ4n) is 2.97. The molecule has 0 aromatic heterocycles. The lowest BCUT2D eigenvalue weighted by Gasteiger charge is -2.29. The molecule has 2 N–H and O–H groups in total. The molecular formula is C24H33FN2. The zero-order valence-electron chi connectivity index (χ0n) is 17.6.